The number of ether oxygens (including phenoxy) is 3. The van der Waals surface area contributed by atoms with Crippen molar-refractivity contribution in [3.63, 3.8) is 0 Å². The van der Waals surface area contributed by atoms with Gasteiger partial charge in [0.25, 0.3) is 0 Å². The maximum absolute atomic E-state index is 6.13. The van der Waals surface area contributed by atoms with Crippen LogP contribution in [-0.4, -0.2) is 26.4 Å². The van der Waals surface area contributed by atoms with Crippen molar-refractivity contribution in [2.75, 3.05) is 20.3 Å². The average Bonchev–Trinajstić information content (AvgIpc) is 2.39. The standard InChI is InChI=1S/C15H23NO3/c1-15(2,16)11-4-5-13(17-3)14(10-11)19-12-6-8-18-9-7-12/h4-5,10,12H,6-9,16H2,1-3H3. The summed E-state index contributed by atoms with van der Waals surface area (Å²) in [5.74, 6) is 1.52. The molecule has 0 saturated carbocycles. The molecule has 1 aliphatic rings. The Morgan fingerprint density at radius 2 is 1.89 bits per heavy atom. The van der Waals surface area contributed by atoms with Gasteiger partial charge in [0, 0.05) is 18.4 Å². The molecule has 1 aliphatic heterocycles. The van der Waals surface area contributed by atoms with E-state index in [2.05, 4.69) is 0 Å². The SMILES string of the molecule is COc1ccc(C(C)(C)N)cc1OC1CCOCC1. The Morgan fingerprint density at radius 1 is 1.21 bits per heavy atom. The first-order valence-corrected chi connectivity index (χ1v) is 6.72. The molecular weight excluding hydrogens is 242 g/mol. The predicted octanol–water partition coefficient (Wildman–Crippen LogP) is 2.45. The number of rotatable bonds is 4. The average molecular weight is 265 g/mol. The Labute approximate surface area is 114 Å². The summed E-state index contributed by atoms with van der Waals surface area (Å²) in [4.78, 5) is 0. The third-order valence-corrected chi connectivity index (χ3v) is 3.37. The molecule has 0 aromatic heterocycles. The number of benzene rings is 1. The summed E-state index contributed by atoms with van der Waals surface area (Å²) < 4.78 is 16.8. The first kappa shape index (κ1) is 14.2. The third kappa shape index (κ3) is 3.61. The first-order valence-electron chi connectivity index (χ1n) is 6.72. The quantitative estimate of drug-likeness (QED) is 0.908. The van der Waals surface area contributed by atoms with Gasteiger partial charge in [-0.3, -0.25) is 0 Å². The van der Waals surface area contributed by atoms with E-state index in [4.69, 9.17) is 19.9 Å². The van der Waals surface area contributed by atoms with Gasteiger partial charge in [-0.2, -0.15) is 0 Å². The normalized spacial score (nSPS) is 17.3. The zero-order valence-corrected chi connectivity index (χ0v) is 11.9. The van der Waals surface area contributed by atoms with E-state index in [-0.39, 0.29) is 11.6 Å². The van der Waals surface area contributed by atoms with E-state index >= 15 is 0 Å². The van der Waals surface area contributed by atoms with E-state index in [1.165, 1.54) is 0 Å². The lowest BCUT2D eigenvalue weighted by atomic mass is 9.95. The van der Waals surface area contributed by atoms with Crippen molar-refractivity contribution in [2.24, 2.45) is 5.73 Å². The lowest BCUT2D eigenvalue weighted by molar-refractivity contribution is 0.0245. The summed E-state index contributed by atoms with van der Waals surface area (Å²) in [7, 11) is 1.65. The topological polar surface area (TPSA) is 53.7 Å². The van der Waals surface area contributed by atoms with Gasteiger partial charge in [-0.05, 0) is 31.5 Å². The second-order valence-corrected chi connectivity index (χ2v) is 5.52. The lowest BCUT2D eigenvalue weighted by Gasteiger charge is -2.26. The molecule has 0 amide bonds. The van der Waals surface area contributed by atoms with Gasteiger partial charge in [0.15, 0.2) is 11.5 Å². The summed E-state index contributed by atoms with van der Waals surface area (Å²) >= 11 is 0. The Hall–Kier alpha value is -1.26. The number of hydrogen-bond donors (Lipinski definition) is 1. The molecule has 0 aliphatic carbocycles. The molecule has 4 heteroatoms. The summed E-state index contributed by atoms with van der Waals surface area (Å²) in [6.07, 6.45) is 2.03. The molecule has 4 nitrogen and oxygen atoms in total. The molecule has 0 spiro atoms. The third-order valence-electron chi connectivity index (χ3n) is 3.37. The maximum Gasteiger partial charge on any atom is 0.161 e. The van der Waals surface area contributed by atoms with Crippen LogP contribution in [0.25, 0.3) is 0 Å². The van der Waals surface area contributed by atoms with E-state index in [9.17, 15) is 0 Å². The van der Waals surface area contributed by atoms with E-state index in [1.807, 2.05) is 32.0 Å². The monoisotopic (exact) mass is 265 g/mol. The van der Waals surface area contributed by atoms with Gasteiger partial charge in [0.05, 0.1) is 20.3 Å². The molecule has 2 rings (SSSR count). The smallest absolute Gasteiger partial charge is 0.161 e. The highest BCUT2D eigenvalue weighted by molar-refractivity contribution is 5.44. The van der Waals surface area contributed by atoms with Crippen LogP contribution >= 0.6 is 0 Å². The van der Waals surface area contributed by atoms with Crippen molar-refractivity contribution in [2.45, 2.75) is 38.3 Å². The van der Waals surface area contributed by atoms with Gasteiger partial charge in [-0.25, -0.2) is 0 Å². The summed E-state index contributed by atoms with van der Waals surface area (Å²) in [5.41, 5.74) is 6.78. The van der Waals surface area contributed by atoms with Crippen molar-refractivity contribution in [1.82, 2.24) is 0 Å². The van der Waals surface area contributed by atoms with Crippen LogP contribution < -0.4 is 15.2 Å². The number of hydrogen-bond acceptors (Lipinski definition) is 4. The van der Waals surface area contributed by atoms with Crippen molar-refractivity contribution in [3.05, 3.63) is 23.8 Å². The molecule has 0 unspecified atom stereocenters. The summed E-state index contributed by atoms with van der Waals surface area (Å²) in [6.45, 7) is 5.48. The highest BCUT2D eigenvalue weighted by Gasteiger charge is 2.20. The van der Waals surface area contributed by atoms with Crippen LogP contribution in [0.15, 0.2) is 18.2 Å². The van der Waals surface area contributed by atoms with E-state index in [0.717, 1.165) is 43.1 Å². The van der Waals surface area contributed by atoms with Gasteiger partial charge in [0.1, 0.15) is 6.10 Å². The lowest BCUT2D eigenvalue weighted by Crippen LogP contribution is -2.29. The van der Waals surface area contributed by atoms with Crippen LogP contribution in [0.2, 0.25) is 0 Å². The first-order chi connectivity index (χ1) is 9.00. The number of nitrogens with two attached hydrogens (primary N) is 1. The molecule has 0 bridgehead atoms. The van der Waals surface area contributed by atoms with Crippen molar-refractivity contribution < 1.29 is 14.2 Å². The zero-order valence-electron chi connectivity index (χ0n) is 11.9. The molecule has 1 aromatic rings. The zero-order chi connectivity index (χ0) is 13.9. The fourth-order valence-corrected chi connectivity index (χ4v) is 2.14. The summed E-state index contributed by atoms with van der Waals surface area (Å²) in [5, 5.41) is 0. The van der Waals surface area contributed by atoms with Gasteiger partial charge in [-0.1, -0.05) is 6.07 Å². The van der Waals surface area contributed by atoms with Crippen LogP contribution in [0, 0.1) is 0 Å². The minimum absolute atomic E-state index is 0.193. The van der Waals surface area contributed by atoms with Gasteiger partial charge in [-0.15, -0.1) is 0 Å². The highest BCUT2D eigenvalue weighted by atomic mass is 16.5. The fraction of sp³-hybridized carbons (Fsp3) is 0.600. The van der Waals surface area contributed by atoms with Gasteiger partial charge >= 0.3 is 0 Å². The molecule has 19 heavy (non-hydrogen) atoms. The Bertz CT molecular complexity index is 420. The highest BCUT2D eigenvalue weighted by Crippen LogP contribution is 2.33. The van der Waals surface area contributed by atoms with Crippen molar-refractivity contribution in [1.29, 1.82) is 0 Å². The number of methoxy groups -OCH3 is 1. The predicted molar refractivity (Wildman–Crippen MR) is 74.7 cm³/mol. The van der Waals surface area contributed by atoms with Crippen LogP contribution in [0.1, 0.15) is 32.3 Å². The Morgan fingerprint density at radius 3 is 2.47 bits per heavy atom. The van der Waals surface area contributed by atoms with E-state index in [0.29, 0.717) is 0 Å². The Balaban J connectivity index is 2.20. The second kappa shape index (κ2) is 5.80. The Kier molecular flexibility index (Phi) is 4.32. The van der Waals surface area contributed by atoms with Crippen molar-refractivity contribution in [3.8, 4) is 11.5 Å². The van der Waals surface area contributed by atoms with E-state index < -0.39 is 0 Å². The molecule has 1 fully saturated rings. The van der Waals surface area contributed by atoms with Crippen LogP contribution in [-0.2, 0) is 10.3 Å². The molecule has 1 saturated heterocycles. The molecule has 1 aromatic carbocycles. The van der Waals surface area contributed by atoms with Crippen LogP contribution in [0.5, 0.6) is 11.5 Å². The molecule has 0 radical (unpaired) electrons. The van der Waals surface area contributed by atoms with Gasteiger partial charge < -0.3 is 19.9 Å². The van der Waals surface area contributed by atoms with Gasteiger partial charge in [0.2, 0.25) is 0 Å². The molecular formula is C15H23NO3. The molecule has 2 N–H and O–H groups in total. The van der Waals surface area contributed by atoms with Crippen LogP contribution in [0.4, 0.5) is 0 Å². The molecule has 106 valence electrons. The summed E-state index contributed by atoms with van der Waals surface area (Å²) in [6, 6.07) is 5.88. The second-order valence-electron chi connectivity index (χ2n) is 5.52. The molecule has 0 atom stereocenters. The molecule has 1 heterocycles. The fourth-order valence-electron chi connectivity index (χ4n) is 2.14. The van der Waals surface area contributed by atoms with E-state index in [1.54, 1.807) is 7.11 Å². The van der Waals surface area contributed by atoms with Crippen LogP contribution in [0.3, 0.4) is 0 Å². The van der Waals surface area contributed by atoms with Crippen molar-refractivity contribution >= 4 is 0 Å². The minimum atomic E-state index is -0.389. The largest absolute Gasteiger partial charge is 0.493 e. The maximum atomic E-state index is 6.13. The minimum Gasteiger partial charge on any atom is -0.493 e.